The van der Waals surface area contributed by atoms with Crippen LogP contribution in [-0.4, -0.2) is 37.4 Å². The molecule has 0 aliphatic carbocycles. The Hall–Kier alpha value is -4.04. The highest BCUT2D eigenvalue weighted by Crippen LogP contribution is 2.41. The summed E-state index contributed by atoms with van der Waals surface area (Å²) in [4.78, 5) is 17.2. The zero-order valence-electron chi connectivity index (χ0n) is 18.1. The van der Waals surface area contributed by atoms with Crippen LogP contribution < -0.4 is 19.5 Å². The molecule has 1 aromatic heterocycles. The van der Waals surface area contributed by atoms with Gasteiger partial charge in [0, 0.05) is 16.1 Å². The van der Waals surface area contributed by atoms with E-state index < -0.39 is 0 Å². The summed E-state index contributed by atoms with van der Waals surface area (Å²) in [6.45, 7) is 0. The van der Waals surface area contributed by atoms with E-state index in [2.05, 4.69) is 15.5 Å². The Morgan fingerprint density at radius 1 is 0.939 bits per heavy atom. The number of carbonyl (C=O) groups excluding carboxylic acids is 1. The molecule has 1 heterocycles. The maximum Gasteiger partial charge on any atom is 0.260 e. The van der Waals surface area contributed by atoms with Crippen molar-refractivity contribution in [3.8, 4) is 40.1 Å². The number of nitrogens with one attached hydrogen (secondary N) is 1. The van der Waals surface area contributed by atoms with Crippen molar-refractivity contribution in [3.63, 3.8) is 0 Å². The number of hydrogen-bond donors (Lipinski definition) is 1. The molecule has 0 spiro atoms. The lowest BCUT2D eigenvalue weighted by Crippen LogP contribution is -2.12. The molecule has 9 heteroatoms. The van der Waals surface area contributed by atoms with Gasteiger partial charge >= 0.3 is 0 Å². The molecule has 4 rings (SSSR count). The first-order chi connectivity index (χ1) is 16.0. The van der Waals surface area contributed by atoms with Crippen LogP contribution in [0.5, 0.6) is 17.2 Å². The number of nitrogens with zero attached hydrogens (tertiary/aromatic N) is 2. The van der Waals surface area contributed by atoms with Gasteiger partial charge in [0.15, 0.2) is 11.5 Å². The molecule has 0 bridgehead atoms. The van der Waals surface area contributed by atoms with E-state index in [-0.39, 0.29) is 11.8 Å². The van der Waals surface area contributed by atoms with Gasteiger partial charge in [-0.2, -0.15) is 4.98 Å². The Morgan fingerprint density at radius 2 is 1.61 bits per heavy atom. The molecule has 168 valence electrons. The molecule has 0 saturated heterocycles. The number of aromatic nitrogens is 2. The third-order valence-electron chi connectivity index (χ3n) is 4.86. The molecule has 8 nitrogen and oxygen atoms in total. The van der Waals surface area contributed by atoms with E-state index >= 15 is 0 Å². The van der Waals surface area contributed by atoms with Gasteiger partial charge in [0.25, 0.3) is 11.8 Å². The summed E-state index contributed by atoms with van der Waals surface area (Å²) < 4.78 is 21.7. The van der Waals surface area contributed by atoms with Crippen molar-refractivity contribution in [3.05, 3.63) is 71.2 Å². The average molecular weight is 466 g/mol. The van der Waals surface area contributed by atoms with E-state index in [9.17, 15) is 4.79 Å². The lowest BCUT2D eigenvalue weighted by molar-refractivity contribution is 0.102. The zero-order chi connectivity index (χ0) is 23.4. The van der Waals surface area contributed by atoms with E-state index in [4.69, 9.17) is 30.3 Å². The number of ether oxygens (including phenoxy) is 3. The third-order valence-corrected chi connectivity index (χ3v) is 5.11. The molecular weight excluding hydrogens is 446 g/mol. The quantitative estimate of drug-likeness (QED) is 0.393. The fourth-order valence-electron chi connectivity index (χ4n) is 3.23. The largest absolute Gasteiger partial charge is 0.493 e. The minimum Gasteiger partial charge on any atom is -0.493 e. The van der Waals surface area contributed by atoms with Crippen LogP contribution in [0.2, 0.25) is 5.02 Å². The van der Waals surface area contributed by atoms with Gasteiger partial charge in [0.05, 0.1) is 32.6 Å². The third kappa shape index (κ3) is 4.61. The smallest absolute Gasteiger partial charge is 0.260 e. The zero-order valence-corrected chi connectivity index (χ0v) is 18.8. The van der Waals surface area contributed by atoms with Gasteiger partial charge < -0.3 is 24.1 Å². The van der Waals surface area contributed by atoms with Crippen LogP contribution in [0, 0.1) is 0 Å². The molecule has 0 unspecified atom stereocenters. The Morgan fingerprint density at radius 3 is 2.24 bits per heavy atom. The maximum atomic E-state index is 12.7. The summed E-state index contributed by atoms with van der Waals surface area (Å²) in [6, 6.07) is 17.2. The molecule has 0 radical (unpaired) electrons. The second-order valence-corrected chi connectivity index (χ2v) is 7.28. The highest BCUT2D eigenvalue weighted by Gasteiger charge is 2.19. The first-order valence-corrected chi connectivity index (χ1v) is 10.2. The van der Waals surface area contributed by atoms with Crippen LogP contribution in [0.15, 0.2) is 65.2 Å². The second kappa shape index (κ2) is 9.62. The Bertz CT molecular complexity index is 1260. The molecule has 4 aromatic rings. The number of anilines is 1. The van der Waals surface area contributed by atoms with Crippen LogP contribution in [-0.2, 0) is 0 Å². The molecular formula is C24H20ClN3O5. The number of methoxy groups -OCH3 is 3. The number of halogens is 1. The molecule has 0 saturated carbocycles. The number of carbonyl (C=O) groups is 1. The number of rotatable bonds is 7. The normalized spacial score (nSPS) is 10.5. The van der Waals surface area contributed by atoms with Crippen molar-refractivity contribution < 1.29 is 23.5 Å². The lowest BCUT2D eigenvalue weighted by atomic mass is 10.1. The SMILES string of the molecule is COc1cc(-c2noc(-c3ccccc3NC(=O)c3ccc(Cl)cc3)n2)cc(OC)c1OC. The minimum atomic E-state index is -0.288. The summed E-state index contributed by atoms with van der Waals surface area (Å²) in [5.41, 5.74) is 2.18. The number of para-hydroxylation sites is 1. The van der Waals surface area contributed by atoms with Crippen LogP contribution >= 0.6 is 11.6 Å². The van der Waals surface area contributed by atoms with Crippen molar-refractivity contribution in [1.29, 1.82) is 0 Å². The van der Waals surface area contributed by atoms with Crippen LogP contribution in [0.25, 0.3) is 22.8 Å². The molecule has 33 heavy (non-hydrogen) atoms. The van der Waals surface area contributed by atoms with Gasteiger partial charge in [0.2, 0.25) is 11.6 Å². The van der Waals surface area contributed by atoms with Crippen LogP contribution in [0.4, 0.5) is 5.69 Å². The second-order valence-electron chi connectivity index (χ2n) is 6.84. The van der Waals surface area contributed by atoms with E-state index in [0.29, 0.717) is 50.5 Å². The van der Waals surface area contributed by atoms with Crippen LogP contribution in [0.3, 0.4) is 0 Å². The number of hydrogen-bond acceptors (Lipinski definition) is 7. The predicted octanol–water partition coefficient (Wildman–Crippen LogP) is 5.34. The average Bonchev–Trinajstić information content (AvgIpc) is 3.34. The molecule has 1 amide bonds. The van der Waals surface area contributed by atoms with Gasteiger partial charge in [-0.3, -0.25) is 4.79 Å². The molecule has 0 aliphatic heterocycles. The standard InChI is InChI=1S/C24H20ClN3O5/c1-30-19-12-15(13-20(31-2)21(19)32-3)22-27-24(33-28-22)17-6-4-5-7-18(17)26-23(29)14-8-10-16(25)11-9-14/h4-13H,1-3H3,(H,26,29). The maximum absolute atomic E-state index is 12.7. The number of amides is 1. The topological polar surface area (TPSA) is 95.7 Å². The molecule has 3 aromatic carbocycles. The predicted molar refractivity (Wildman–Crippen MR) is 124 cm³/mol. The first-order valence-electron chi connectivity index (χ1n) is 9.84. The van der Waals surface area contributed by atoms with Crippen molar-refractivity contribution in [2.75, 3.05) is 26.6 Å². The monoisotopic (exact) mass is 465 g/mol. The van der Waals surface area contributed by atoms with Crippen LogP contribution in [0.1, 0.15) is 10.4 Å². The van der Waals surface area contributed by atoms with Crippen molar-refractivity contribution >= 4 is 23.2 Å². The summed E-state index contributed by atoms with van der Waals surface area (Å²) in [6.07, 6.45) is 0. The Labute approximate surface area is 195 Å². The fraction of sp³-hybridized carbons (Fsp3) is 0.125. The summed E-state index contributed by atoms with van der Waals surface area (Å²) in [5.74, 6) is 1.67. The Balaban J connectivity index is 1.66. The van der Waals surface area contributed by atoms with Crippen molar-refractivity contribution in [2.24, 2.45) is 0 Å². The van der Waals surface area contributed by atoms with Gasteiger partial charge in [-0.1, -0.05) is 28.9 Å². The highest BCUT2D eigenvalue weighted by atomic mass is 35.5. The fourth-order valence-corrected chi connectivity index (χ4v) is 3.36. The molecule has 1 N–H and O–H groups in total. The number of benzene rings is 3. The van der Waals surface area contributed by atoms with Gasteiger partial charge in [-0.25, -0.2) is 0 Å². The molecule has 0 aliphatic rings. The summed E-state index contributed by atoms with van der Waals surface area (Å²) in [7, 11) is 4.59. The summed E-state index contributed by atoms with van der Waals surface area (Å²) >= 11 is 5.91. The summed E-state index contributed by atoms with van der Waals surface area (Å²) in [5, 5.41) is 7.52. The molecule has 0 atom stereocenters. The van der Waals surface area contributed by atoms with E-state index in [1.807, 2.05) is 6.07 Å². The Kier molecular flexibility index (Phi) is 6.46. The van der Waals surface area contributed by atoms with Crippen molar-refractivity contribution in [1.82, 2.24) is 10.1 Å². The molecule has 0 fully saturated rings. The van der Waals surface area contributed by atoms with Gasteiger partial charge in [-0.15, -0.1) is 0 Å². The van der Waals surface area contributed by atoms with E-state index in [0.717, 1.165) is 0 Å². The highest BCUT2D eigenvalue weighted by molar-refractivity contribution is 6.30. The van der Waals surface area contributed by atoms with Crippen molar-refractivity contribution in [2.45, 2.75) is 0 Å². The minimum absolute atomic E-state index is 0.241. The van der Waals surface area contributed by atoms with E-state index in [1.165, 1.54) is 21.3 Å². The van der Waals surface area contributed by atoms with Gasteiger partial charge in [-0.05, 0) is 48.5 Å². The lowest BCUT2D eigenvalue weighted by Gasteiger charge is -2.12. The van der Waals surface area contributed by atoms with Gasteiger partial charge in [0.1, 0.15) is 0 Å². The van der Waals surface area contributed by atoms with E-state index in [1.54, 1.807) is 54.6 Å². The first kappa shape index (κ1) is 22.2.